The molecule has 1 aromatic heterocycles. The van der Waals surface area contributed by atoms with Crippen LogP contribution in [-0.2, 0) is 16.0 Å². The van der Waals surface area contributed by atoms with E-state index in [1.807, 2.05) is 18.3 Å². The van der Waals surface area contributed by atoms with Crippen LogP contribution in [0.1, 0.15) is 38.7 Å². The molecule has 130 valence electrons. The predicted molar refractivity (Wildman–Crippen MR) is 92.5 cm³/mol. The van der Waals surface area contributed by atoms with Gasteiger partial charge in [0.1, 0.15) is 5.78 Å². The maximum absolute atomic E-state index is 11.7. The molecular weight excluding hydrogens is 304 g/mol. The third kappa shape index (κ3) is 3.85. The highest BCUT2D eigenvalue weighted by molar-refractivity contribution is 6.00. The molecule has 1 atom stereocenters. The van der Waals surface area contributed by atoms with Crippen LogP contribution in [0.3, 0.4) is 0 Å². The SMILES string of the molecule is CCC(CCCNCCc1c[nH]c2ccccc12)(C(C)=O)C(=O)[O-]. The van der Waals surface area contributed by atoms with E-state index in [4.69, 9.17) is 0 Å². The van der Waals surface area contributed by atoms with Crippen molar-refractivity contribution < 1.29 is 14.7 Å². The monoisotopic (exact) mass is 329 g/mol. The van der Waals surface area contributed by atoms with Crippen molar-refractivity contribution >= 4 is 22.7 Å². The number of fused-ring (bicyclic) bond motifs is 1. The molecule has 0 fully saturated rings. The molecule has 1 aromatic carbocycles. The molecule has 0 saturated carbocycles. The van der Waals surface area contributed by atoms with Gasteiger partial charge in [0.15, 0.2) is 0 Å². The van der Waals surface area contributed by atoms with E-state index in [1.165, 1.54) is 17.9 Å². The minimum Gasteiger partial charge on any atom is -0.549 e. The van der Waals surface area contributed by atoms with Gasteiger partial charge in [-0.05, 0) is 57.3 Å². The topological polar surface area (TPSA) is 85.0 Å². The summed E-state index contributed by atoms with van der Waals surface area (Å²) in [6.45, 7) is 4.56. The first-order chi connectivity index (χ1) is 11.5. The summed E-state index contributed by atoms with van der Waals surface area (Å²) in [6, 6.07) is 8.19. The van der Waals surface area contributed by atoms with E-state index >= 15 is 0 Å². The number of carboxylic acids is 1. The van der Waals surface area contributed by atoms with Crippen molar-refractivity contribution in [3.8, 4) is 0 Å². The zero-order valence-corrected chi connectivity index (χ0v) is 14.4. The lowest BCUT2D eigenvalue weighted by atomic mass is 9.77. The van der Waals surface area contributed by atoms with E-state index in [1.54, 1.807) is 6.92 Å². The first-order valence-corrected chi connectivity index (χ1v) is 8.49. The Balaban J connectivity index is 1.77. The normalized spacial score (nSPS) is 13.8. The Kier molecular flexibility index (Phi) is 6.15. The Bertz CT molecular complexity index is 691. The molecule has 2 rings (SSSR count). The quantitative estimate of drug-likeness (QED) is 0.514. The second-order valence-corrected chi connectivity index (χ2v) is 6.24. The van der Waals surface area contributed by atoms with Crippen LogP contribution in [0.4, 0.5) is 0 Å². The summed E-state index contributed by atoms with van der Waals surface area (Å²) in [5.41, 5.74) is 1.06. The summed E-state index contributed by atoms with van der Waals surface area (Å²) in [6.07, 6.45) is 4.16. The van der Waals surface area contributed by atoms with Crippen molar-refractivity contribution in [1.29, 1.82) is 0 Å². The number of carboxylic acid groups (broad SMARTS) is 1. The first-order valence-electron chi connectivity index (χ1n) is 8.49. The number of nitrogens with one attached hydrogen (secondary N) is 2. The first kappa shape index (κ1) is 18.2. The number of hydrogen-bond acceptors (Lipinski definition) is 4. The van der Waals surface area contributed by atoms with Crippen LogP contribution in [0.5, 0.6) is 0 Å². The van der Waals surface area contributed by atoms with Crippen LogP contribution >= 0.6 is 0 Å². The van der Waals surface area contributed by atoms with E-state index in [-0.39, 0.29) is 12.2 Å². The average molecular weight is 329 g/mol. The number of H-pyrrole nitrogens is 1. The highest BCUT2D eigenvalue weighted by Gasteiger charge is 2.34. The Morgan fingerprint density at radius 3 is 2.67 bits per heavy atom. The van der Waals surface area contributed by atoms with Crippen molar-refractivity contribution in [2.45, 2.75) is 39.5 Å². The van der Waals surface area contributed by atoms with Crippen molar-refractivity contribution in [3.63, 3.8) is 0 Å². The van der Waals surface area contributed by atoms with Crippen LogP contribution in [0, 0.1) is 5.41 Å². The number of aromatic amines is 1. The standard InChI is InChI=1S/C19H26N2O3/c1-3-19(14(2)22,18(23)24)10-6-11-20-12-9-15-13-21-17-8-5-4-7-16(15)17/h4-5,7-8,13,20-21H,3,6,9-12H2,1-2H3,(H,23,24)/p-1. The van der Waals surface area contributed by atoms with Crippen LogP contribution in [0.15, 0.2) is 30.5 Å². The van der Waals surface area contributed by atoms with E-state index < -0.39 is 11.4 Å². The summed E-state index contributed by atoms with van der Waals surface area (Å²) >= 11 is 0. The molecule has 0 saturated heterocycles. The molecule has 2 aromatic rings. The second kappa shape index (κ2) is 8.11. The lowest BCUT2D eigenvalue weighted by Gasteiger charge is -2.31. The van der Waals surface area contributed by atoms with E-state index in [2.05, 4.69) is 22.4 Å². The third-order valence-electron chi connectivity index (χ3n) is 4.87. The van der Waals surface area contributed by atoms with Gasteiger partial charge in [0.05, 0.1) is 11.4 Å². The van der Waals surface area contributed by atoms with Gasteiger partial charge >= 0.3 is 0 Å². The Morgan fingerprint density at radius 1 is 1.25 bits per heavy atom. The fourth-order valence-corrected chi connectivity index (χ4v) is 3.19. The largest absolute Gasteiger partial charge is 0.549 e. The summed E-state index contributed by atoms with van der Waals surface area (Å²) < 4.78 is 0. The number of benzene rings is 1. The van der Waals surface area contributed by atoms with E-state index in [0.29, 0.717) is 19.4 Å². The van der Waals surface area contributed by atoms with Gasteiger partial charge in [-0.25, -0.2) is 0 Å². The van der Waals surface area contributed by atoms with Crippen molar-refractivity contribution in [1.82, 2.24) is 10.3 Å². The zero-order chi connectivity index (χ0) is 17.6. The lowest BCUT2D eigenvalue weighted by molar-refractivity contribution is -0.317. The summed E-state index contributed by atoms with van der Waals surface area (Å²) in [5, 5.41) is 15.9. The fourth-order valence-electron chi connectivity index (χ4n) is 3.19. The van der Waals surface area contributed by atoms with Gasteiger partial charge in [0, 0.05) is 17.1 Å². The molecule has 2 N–H and O–H groups in total. The molecule has 1 unspecified atom stereocenters. The highest BCUT2D eigenvalue weighted by Crippen LogP contribution is 2.28. The van der Waals surface area contributed by atoms with Gasteiger partial charge in [-0.2, -0.15) is 0 Å². The molecule has 0 aliphatic carbocycles. The van der Waals surface area contributed by atoms with Gasteiger partial charge in [0.25, 0.3) is 0 Å². The number of ketones is 1. The smallest absolute Gasteiger partial charge is 0.141 e. The minimum absolute atomic E-state index is 0.278. The number of Topliss-reactive ketones (excluding diaryl/α,β-unsaturated/α-hetero) is 1. The lowest BCUT2D eigenvalue weighted by Crippen LogP contribution is -2.47. The van der Waals surface area contributed by atoms with Crippen LogP contribution in [0.25, 0.3) is 10.9 Å². The van der Waals surface area contributed by atoms with Crippen molar-refractivity contribution in [2.75, 3.05) is 13.1 Å². The number of carbonyl (C=O) groups excluding carboxylic acids is 2. The molecule has 0 radical (unpaired) electrons. The van der Waals surface area contributed by atoms with Gasteiger partial charge in [0.2, 0.25) is 0 Å². The molecule has 5 nitrogen and oxygen atoms in total. The van der Waals surface area contributed by atoms with Gasteiger partial charge in [-0.1, -0.05) is 25.1 Å². The molecule has 5 heteroatoms. The maximum atomic E-state index is 11.7. The molecule has 24 heavy (non-hydrogen) atoms. The molecule has 0 bridgehead atoms. The summed E-state index contributed by atoms with van der Waals surface area (Å²) in [4.78, 5) is 26.3. The third-order valence-corrected chi connectivity index (χ3v) is 4.87. The Morgan fingerprint density at radius 2 is 2.00 bits per heavy atom. The Labute approximate surface area is 142 Å². The average Bonchev–Trinajstić information content (AvgIpc) is 2.97. The van der Waals surface area contributed by atoms with E-state index in [9.17, 15) is 14.7 Å². The summed E-state index contributed by atoms with van der Waals surface area (Å²) in [7, 11) is 0. The van der Waals surface area contributed by atoms with Crippen LogP contribution in [-0.4, -0.2) is 29.8 Å². The number of aliphatic carboxylic acids is 1. The maximum Gasteiger partial charge on any atom is 0.141 e. The van der Waals surface area contributed by atoms with Gasteiger partial charge in [-0.3, -0.25) is 4.79 Å². The molecule has 0 aliphatic heterocycles. The minimum atomic E-state index is -1.33. The second-order valence-electron chi connectivity index (χ2n) is 6.24. The fraction of sp³-hybridized carbons (Fsp3) is 0.474. The molecule has 0 aliphatic rings. The Hall–Kier alpha value is -2.14. The van der Waals surface area contributed by atoms with Crippen LogP contribution in [0.2, 0.25) is 0 Å². The summed E-state index contributed by atoms with van der Waals surface area (Å²) in [5.74, 6) is -1.57. The highest BCUT2D eigenvalue weighted by atomic mass is 16.4. The predicted octanol–water partition coefficient (Wildman–Crippen LogP) is 1.82. The number of carbonyl (C=O) groups is 2. The van der Waals surface area contributed by atoms with Crippen LogP contribution < -0.4 is 10.4 Å². The van der Waals surface area contributed by atoms with Gasteiger partial charge in [-0.15, -0.1) is 0 Å². The number of para-hydroxylation sites is 1. The van der Waals surface area contributed by atoms with Gasteiger partial charge < -0.3 is 20.2 Å². The number of aromatic nitrogens is 1. The molecule has 0 amide bonds. The number of rotatable bonds is 10. The number of hydrogen-bond donors (Lipinski definition) is 2. The molecule has 1 heterocycles. The zero-order valence-electron chi connectivity index (χ0n) is 14.4. The van der Waals surface area contributed by atoms with E-state index in [0.717, 1.165) is 18.5 Å². The molecular formula is C19H25N2O3-. The molecule has 0 spiro atoms. The van der Waals surface area contributed by atoms with Crippen molar-refractivity contribution in [2.24, 2.45) is 5.41 Å². The van der Waals surface area contributed by atoms with Crippen molar-refractivity contribution in [3.05, 3.63) is 36.0 Å².